The molecule has 3 rings (SSSR count). The van der Waals surface area contributed by atoms with Crippen LogP contribution in [0.1, 0.15) is 34.5 Å². The molecular weight excluding hydrogens is 406 g/mol. The Labute approximate surface area is 170 Å². The molecule has 1 heterocycles. The number of fused-ring (bicyclic) bond motifs is 1. The minimum Gasteiger partial charge on any atom is -0.505 e. The van der Waals surface area contributed by atoms with Gasteiger partial charge in [-0.15, -0.1) is 0 Å². The number of amides is 1. The summed E-state index contributed by atoms with van der Waals surface area (Å²) < 4.78 is 15.4. The Bertz CT molecular complexity index is 1120. The number of halogens is 3. The molecule has 0 unspecified atom stereocenters. The van der Waals surface area contributed by atoms with E-state index < -0.39 is 23.4 Å². The highest BCUT2D eigenvalue weighted by Crippen LogP contribution is 2.36. The van der Waals surface area contributed by atoms with Gasteiger partial charge in [-0.05, 0) is 43.7 Å². The molecule has 1 atom stereocenters. The first-order valence-corrected chi connectivity index (χ1v) is 9.17. The van der Waals surface area contributed by atoms with Crippen molar-refractivity contribution in [2.24, 2.45) is 0 Å². The Balaban J connectivity index is 2.31. The third-order valence-electron chi connectivity index (χ3n) is 4.76. The molecule has 8 heteroatoms. The second kappa shape index (κ2) is 7.45. The first-order chi connectivity index (χ1) is 13.2. The van der Waals surface area contributed by atoms with E-state index in [0.29, 0.717) is 21.7 Å². The van der Waals surface area contributed by atoms with E-state index in [1.807, 2.05) is 0 Å². The molecule has 2 N–H and O–H groups in total. The number of carbonyl (C=O) groups is 2. The maximum atomic E-state index is 14.1. The van der Waals surface area contributed by atoms with Crippen molar-refractivity contribution >= 4 is 45.9 Å². The van der Waals surface area contributed by atoms with Gasteiger partial charge < -0.3 is 10.4 Å². The SMILES string of the molecule is CNC(=O)[C@@H](C)c1c(C)n(C(=O)c2ccc(Cl)c(Cl)c2)c2cc(F)c(O)cc12. The minimum atomic E-state index is -0.868. The smallest absolute Gasteiger partial charge is 0.262 e. The normalized spacial score (nSPS) is 12.2. The summed E-state index contributed by atoms with van der Waals surface area (Å²) in [5.74, 6) is -2.78. The van der Waals surface area contributed by atoms with E-state index >= 15 is 0 Å². The van der Waals surface area contributed by atoms with E-state index in [1.54, 1.807) is 13.8 Å². The average Bonchev–Trinajstić information content (AvgIpc) is 2.93. The Hall–Kier alpha value is -2.57. The molecule has 146 valence electrons. The summed E-state index contributed by atoms with van der Waals surface area (Å²) in [7, 11) is 1.51. The van der Waals surface area contributed by atoms with E-state index in [-0.39, 0.29) is 22.0 Å². The van der Waals surface area contributed by atoms with Crippen molar-refractivity contribution < 1.29 is 19.1 Å². The maximum Gasteiger partial charge on any atom is 0.262 e. The van der Waals surface area contributed by atoms with Gasteiger partial charge in [0.05, 0.1) is 21.5 Å². The van der Waals surface area contributed by atoms with Crippen molar-refractivity contribution in [2.45, 2.75) is 19.8 Å². The zero-order valence-electron chi connectivity index (χ0n) is 15.3. The molecule has 0 aliphatic rings. The third-order valence-corrected chi connectivity index (χ3v) is 5.50. The highest BCUT2D eigenvalue weighted by Gasteiger charge is 2.27. The summed E-state index contributed by atoms with van der Waals surface area (Å²) in [5, 5.41) is 13.3. The number of phenolic OH excluding ortho intramolecular Hbond substituents is 1. The van der Waals surface area contributed by atoms with Crippen LogP contribution in [0, 0.1) is 12.7 Å². The van der Waals surface area contributed by atoms with Crippen LogP contribution in [-0.4, -0.2) is 28.5 Å². The highest BCUT2D eigenvalue weighted by molar-refractivity contribution is 6.42. The van der Waals surface area contributed by atoms with Crippen LogP contribution in [0.2, 0.25) is 10.0 Å². The Morgan fingerprint density at radius 2 is 1.86 bits per heavy atom. The van der Waals surface area contributed by atoms with Crippen molar-refractivity contribution in [1.29, 1.82) is 0 Å². The Morgan fingerprint density at radius 3 is 2.46 bits per heavy atom. The van der Waals surface area contributed by atoms with Gasteiger partial charge >= 0.3 is 0 Å². The predicted molar refractivity (Wildman–Crippen MR) is 107 cm³/mol. The average molecular weight is 423 g/mol. The van der Waals surface area contributed by atoms with Crippen molar-refractivity contribution in [2.75, 3.05) is 7.05 Å². The minimum absolute atomic E-state index is 0.212. The second-order valence-corrected chi connectivity index (χ2v) is 7.24. The van der Waals surface area contributed by atoms with Crippen LogP contribution >= 0.6 is 23.2 Å². The number of rotatable bonds is 3. The Morgan fingerprint density at radius 1 is 1.18 bits per heavy atom. The molecule has 28 heavy (non-hydrogen) atoms. The van der Waals surface area contributed by atoms with Gasteiger partial charge in [0.15, 0.2) is 11.6 Å². The van der Waals surface area contributed by atoms with Crippen LogP contribution in [0.3, 0.4) is 0 Å². The lowest BCUT2D eigenvalue weighted by molar-refractivity contribution is -0.121. The van der Waals surface area contributed by atoms with Gasteiger partial charge in [0.25, 0.3) is 5.91 Å². The second-order valence-electron chi connectivity index (χ2n) is 6.43. The van der Waals surface area contributed by atoms with Crippen molar-refractivity contribution in [3.8, 4) is 5.75 Å². The molecule has 2 aromatic carbocycles. The zero-order valence-corrected chi connectivity index (χ0v) is 16.8. The number of carbonyl (C=O) groups excluding carboxylic acids is 2. The first kappa shape index (κ1) is 20.2. The number of nitrogens with one attached hydrogen (secondary N) is 1. The van der Waals surface area contributed by atoms with Gasteiger partial charge in [0, 0.05) is 29.8 Å². The monoisotopic (exact) mass is 422 g/mol. The molecule has 1 amide bonds. The van der Waals surface area contributed by atoms with Crippen LogP contribution < -0.4 is 5.32 Å². The van der Waals surface area contributed by atoms with Crippen LogP contribution in [-0.2, 0) is 4.79 Å². The van der Waals surface area contributed by atoms with Gasteiger partial charge in [0.2, 0.25) is 5.91 Å². The quantitative estimate of drug-likeness (QED) is 0.645. The Kier molecular flexibility index (Phi) is 5.37. The summed E-state index contributed by atoms with van der Waals surface area (Å²) in [6.07, 6.45) is 0. The topological polar surface area (TPSA) is 71.3 Å². The van der Waals surface area contributed by atoms with E-state index in [0.717, 1.165) is 6.07 Å². The number of phenols is 1. The van der Waals surface area contributed by atoms with E-state index in [2.05, 4.69) is 5.32 Å². The maximum absolute atomic E-state index is 14.1. The summed E-state index contributed by atoms with van der Waals surface area (Å²) in [6.45, 7) is 3.34. The van der Waals surface area contributed by atoms with E-state index in [9.17, 15) is 19.1 Å². The molecule has 0 bridgehead atoms. The van der Waals surface area contributed by atoms with Gasteiger partial charge in [-0.25, -0.2) is 4.39 Å². The summed E-state index contributed by atoms with van der Waals surface area (Å²) in [6, 6.07) is 6.74. The number of aromatic nitrogens is 1. The number of nitrogens with zero attached hydrogens (tertiary/aromatic N) is 1. The molecule has 0 spiro atoms. The summed E-state index contributed by atoms with van der Waals surface area (Å²) in [5.41, 5.74) is 1.49. The number of hydrogen-bond donors (Lipinski definition) is 2. The molecule has 1 aromatic heterocycles. The largest absolute Gasteiger partial charge is 0.505 e. The lowest BCUT2D eigenvalue weighted by Crippen LogP contribution is -2.24. The van der Waals surface area contributed by atoms with Gasteiger partial charge in [-0.2, -0.15) is 0 Å². The first-order valence-electron chi connectivity index (χ1n) is 8.42. The van der Waals surface area contributed by atoms with E-state index in [1.165, 1.54) is 35.9 Å². The molecule has 0 saturated carbocycles. The van der Waals surface area contributed by atoms with Gasteiger partial charge in [-0.1, -0.05) is 23.2 Å². The molecule has 0 aliphatic carbocycles. The molecule has 3 aromatic rings. The molecule has 0 radical (unpaired) electrons. The lowest BCUT2D eigenvalue weighted by atomic mass is 9.97. The summed E-state index contributed by atoms with van der Waals surface area (Å²) in [4.78, 5) is 25.4. The molecular formula is C20H17Cl2FN2O3. The van der Waals surface area contributed by atoms with Gasteiger partial charge in [-0.3, -0.25) is 14.2 Å². The fraction of sp³-hybridized carbons (Fsp3) is 0.200. The zero-order chi connectivity index (χ0) is 20.7. The number of benzene rings is 2. The van der Waals surface area contributed by atoms with Crippen molar-refractivity contribution in [3.63, 3.8) is 0 Å². The van der Waals surface area contributed by atoms with E-state index in [4.69, 9.17) is 23.2 Å². The van der Waals surface area contributed by atoms with Crippen LogP contribution in [0.5, 0.6) is 5.75 Å². The third kappa shape index (κ3) is 3.23. The standard InChI is InChI=1S/C20H17Cl2FN2O3/c1-9(19(27)24-3)18-10(2)25(16-8-15(23)17(26)7-12(16)18)20(28)11-4-5-13(21)14(22)6-11/h4-9,26H,1-3H3,(H,24,27)/t9-/m0/s1. The highest BCUT2D eigenvalue weighted by atomic mass is 35.5. The predicted octanol–water partition coefficient (Wildman–Crippen LogP) is 4.64. The molecule has 0 aliphatic heterocycles. The van der Waals surface area contributed by atoms with Crippen LogP contribution in [0.15, 0.2) is 30.3 Å². The fourth-order valence-electron chi connectivity index (χ4n) is 3.36. The number of aromatic hydroxyl groups is 1. The number of likely N-dealkylation sites (N-methyl/N-ethyl adjacent to an activating group) is 1. The van der Waals surface area contributed by atoms with Gasteiger partial charge in [0.1, 0.15) is 0 Å². The van der Waals surface area contributed by atoms with Crippen molar-refractivity contribution in [3.05, 3.63) is 63.0 Å². The van der Waals surface area contributed by atoms with Crippen LogP contribution in [0.25, 0.3) is 10.9 Å². The number of hydrogen-bond acceptors (Lipinski definition) is 3. The lowest BCUT2D eigenvalue weighted by Gasteiger charge is -2.12. The summed E-state index contributed by atoms with van der Waals surface area (Å²) >= 11 is 11.9. The molecule has 5 nitrogen and oxygen atoms in total. The molecule has 0 saturated heterocycles. The van der Waals surface area contributed by atoms with Crippen molar-refractivity contribution in [1.82, 2.24) is 9.88 Å². The molecule has 0 fully saturated rings. The fourth-order valence-corrected chi connectivity index (χ4v) is 3.66. The van der Waals surface area contributed by atoms with Crippen LogP contribution in [0.4, 0.5) is 4.39 Å².